The second-order valence-corrected chi connectivity index (χ2v) is 8.53. The molecule has 1 aromatic rings. The summed E-state index contributed by atoms with van der Waals surface area (Å²) < 4.78 is 33.0. The summed E-state index contributed by atoms with van der Waals surface area (Å²) in [5.41, 5.74) is 0. The normalized spacial score (nSPS) is 24.4. The third-order valence-electron chi connectivity index (χ3n) is 3.71. The molecule has 2 heterocycles. The number of hydrogen-bond donors (Lipinski definition) is 1. The molecule has 1 aliphatic rings. The fourth-order valence-electron chi connectivity index (χ4n) is 2.85. The van der Waals surface area contributed by atoms with Gasteiger partial charge in [0, 0.05) is 19.2 Å². The van der Waals surface area contributed by atoms with E-state index in [4.69, 9.17) is 4.42 Å². The lowest BCUT2D eigenvalue weighted by atomic mass is 9.94. The van der Waals surface area contributed by atoms with Gasteiger partial charge in [0.25, 0.3) is 0 Å². The average molecular weight is 379 g/mol. The monoisotopic (exact) mass is 378 g/mol. The van der Waals surface area contributed by atoms with Crippen molar-refractivity contribution in [2.24, 2.45) is 11.8 Å². The number of halogens is 1. The highest BCUT2D eigenvalue weighted by Crippen LogP contribution is 2.32. The van der Waals surface area contributed by atoms with E-state index >= 15 is 0 Å². The molecule has 0 saturated carbocycles. The molecule has 1 aromatic heterocycles. The van der Waals surface area contributed by atoms with Crippen LogP contribution in [-0.4, -0.2) is 32.4 Å². The molecule has 21 heavy (non-hydrogen) atoms. The summed E-state index contributed by atoms with van der Waals surface area (Å²) in [6, 6.07) is 1.62. The molecule has 1 saturated heterocycles. The van der Waals surface area contributed by atoms with Crippen LogP contribution >= 0.6 is 15.9 Å². The molecule has 1 N–H and O–H groups in total. The van der Waals surface area contributed by atoms with Crippen molar-refractivity contribution in [3.05, 3.63) is 16.5 Å². The van der Waals surface area contributed by atoms with Crippen LogP contribution in [0.25, 0.3) is 0 Å². The van der Waals surface area contributed by atoms with Crippen molar-refractivity contribution in [1.82, 2.24) is 9.62 Å². The predicted molar refractivity (Wildman–Crippen MR) is 85.5 cm³/mol. The average Bonchev–Trinajstić information content (AvgIpc) is 2.77. The summed E-state index contributed by atoms with van der Waals surface area (Å²) in [4.78, 5) is 0.233. The van der Waals surface area contributed by atoms with E-state index in [1.54, 1.807) is 10.4 Å². The van der Waals surface area contributed by atoms with Crippen LogP contribution < -0.4 is 5.32 Å². The Balaban J connectivity index is 2.24. The first-order chi connectivity index (χ1) is 9.84. The van der Waals surface area contributed by atoms with Crippen LogP contribution in [0.15, 0.2) is 20.0 Å². The minimum absolute atomic E-state index is 0.233. The van der Waals surface area contributed by atoms with Crippen LogP contribution in [0.3, 0.4) is 0 Å². The number of sulfonamides is 1. The summed E-state index contributed by atoms with van der Waals surface area (Å²) in [7, 11) is -3.50. The maximum absolute atomic E-state index is 12.8. The molecule has 1 aliphatic heterocycles. The lowest BCUT2D eigenvalue weighted by molar-refractivity contribution is 0.222. The molecular formula is C14H23BrN2O3S. The predicted octanol–water partition coefficient (Wildman–Crippen LogP) is 2.82. The number of piperidine rings is 1. The van der Waals surface area contributed by atoms with Gasteiger partial charge in [-0.25, -0.2) is 8.42 Å². The van der Waals surface area contributed by atoms with Gasteiger partial charge in [-0.2, -0.15) is 4.31 Å². The first kappa shape index (κ1) is 17.0. The second-order valence-electron chi connectivity index (χ2n) is 5.90. The molecule has 2 unspecified atom stereocenters. The van der Waals surface area contributed by atoms with Crippen molar-refractivity contribution < 1.29 is 12.8 Å². The Morgan fingerprint density at radius 1 is 1.38 bits per heavy atom. The standard InChI is InChI=1S/C14H23BrN2O3S/c1-4-16-7-12-6-13(14(15)20-12)21(18,19)17-8-10(2)5-11(3)9-17/h6,10-11,16H,4-5,7-9H2,1-3H3. The fraction of sp³-hybridized carbons (Fsp3) is 0.714. The van der Waals surface area contributed by atoms with Gasteiger partial charge in [-0.1, -0.05) is 20.8 Å². The summed E-state index contributed by atoms with van der Waals surface area (Å²) in [5, 5.41) is 3.13. The Morgan fingerprint density at radius 2 is 2.00 bits per heavy atom. The molecule has 2 rings (SSSR count). The quantitative estimate of drug-likeness (QED) is 0.855. The van der Waals surface area contributed by atoms with Crippen LogP contribution in [0.1, 0.15) is 33.0 Å². The number of hydrogen-bond acceptors (Lipinski definition) is 4. The molecule has 0 aromatic carbocycles. The molecule has 120 valence electrons. The summed E-state index contributed by atoms with van der Waals surface area (Å²) in [6.07, 6.45) is 1.07. The van der Waals surface area contributed by atoms with Crippen molar-refractivity contribution in [3.8, 4) is 0 Å². The van der Waals surface area contributed by atoms with Gasteiger partial charge in [-0.15, -0.1) is 0 Å². The van der Waals surface area contributed by atoms with Crippen LogP contribution in [0.5, 0.6) is 0 Å². The van der Waals surface area contributed by atoms with Gasteiger partial charge in [0.15, 0.2) is 4.67 Å². The lowest BCUT2D eigenvalue weighted by Gasteiger charge is -2.33. The highest BCUT2D eigenvalue weighted by Gasteiger charge is 2.34. The van der Waals surface area contributed by atoms with Crippen molar-refractivity contribution in [1.29, 1.82) is 0 Å². The SMILES string of the molecule is CCNCc1cc(S(=O)(=O)N2CC(C)CC(C)C2)c(Br)o1. The minimum atomic E-state index is -3.50. The van der Waals surface area contributed by atoms with E-state index < -0.39 is 10.0 Å². The molecule has 2 atom stereocenters. The van der Waals surface area contributed by atoms with Gasteiger partial charge >= 0.3 is 0 Å². The zero-order valence-corrected chi connectivity index (χ0v) is 15.1. The Morgan fingerprint density at radius 3 is 2.57 bits per heavy atom. The van der Waals surface area contributed by atoms with Gasteiger partial charge in [-0.05, 0) is 40.7 Å². The maximum atomic E-state index is 12.8. The smallest absolute Gasteiger partial charge is 0.247 e. The van der Waals surface area contributed by atoms with E-state index in [0.29, 0.717) is 41.9 Å². The lowest BCUT2D eigenvalue weighted by Crippen LogP contribution is -2.42. The first-order valence-corrected chi connectivity index (χ1v) is 9.57. The van der Waals surface area contributed by atoms with Gasteiger partial charge in [0.2, 0.25) is 10.0 Å². The van der Waals surface area contributed by atoms with Gasteiger partial charge < -0.3 is 9.73 Å². The second kappa shape index (κ2) is 6.81. The van der Waals surface area contributed by atoms with Crippen molar-refractivity contribution >= 4 is 26.0 Å². The van der Waals surface area contributed by atoms with Gasteiger partial charge in [0.05, 0.1) is 6.54 Å². The maximum Gasteiger partial charge on any atom is 0.247 e. The number of nitrogens with zero attached hydrogens (tertiary/aromatic N) is 1. The molecular weight excluding hydrogens is 356 g/mol. The fourth-order valence-corrected chi connectivity index (χ4v) is 5.49. The zero-order valence-electron chi connectivity index (χ0n) is 12.7. The van der Waals surface area contributed by atoms with E-state index in [0.717, 1.165) is 13.0 Å². The third-order valence-corrected chi connectivity index (χ3v) is 6.40. The zero-order chi connectivity index (χ0) is 15.6. The highest BCUT2D eigenvalue weighted by molar-refractivity contribution is 9.10. The summed E-state index contributed by atoms with van der Waals surface area (Å²) in [5.74, 6) is 1.39. The topological polar surface area (TPSA) is 62.6 Å². The molecule has 0 bridgehead atoms. The molecule has 5 nitrogen and oxygen atoms in total. The largest absolute Gasteiger partial charge is 0.452 e. The number of rotatable bonds is 5. The molecule has 7 heteroatoms. The Labute approximate surface area is 135 Å². The van der Waals surface area contributed by atoms with E-state index in [-0.39, 0.29) is 4.90 Å². The van der Waals surface area contributed by atoms with Crippen LogP contribution in [0.2, 0.25) is 0 Å². The summed E-state index contributed by atoms with van der Waals surface area (Å²) >= 11 is 3.24. The van der Waals surface area contributed by atoms with Crippen LogP contribution in [0.4, 0.5) is 0 Å². The first-order valence-electron chi connectivity index (χ1n) is 7.33. The highest BCUT2D eigenvalue weighted by atomic mass is 79.9. The van der Waals surface area contributed by atoms with Crippen LogP contribution in [0, 0.1) is 11.8 Å². The van der Waals surface area contributed by atoms with Crippen molar-refractivity contribution in [2.45, 2.75) is 38.6 Å². The Bertz CT molecular complexity index is 575. The van der Waals surface area contributed by atoms with E-state index in [1.807, 2.05) is 6.92 Å². The number of furan rings is 1. The van der Waals surface area contributed by atoms with Gasteiger partial charge in [-0.3, -0.25) is 0 Å². The molecule has 0 amide bonds. The molecule has 0 aliphatic carbocycles. The molecule has 1 fully saturated rings. The number of nitrogens with one attached hydrogen (secondary N) is 1. The van der Waals surface area contributed by atoms with E-state index in [2.05, 4.69) is 35.1 Å². The molecule has 0 radical (unpaired) electrons. The van der Waals surface area contributed by atoms with E-state index in [1.165, 1.54) is 0 Å². The van der Waals surface area contributed by atoms with E-state index in [9.17, 15) is 8.42 Å². The van der Waals surface area contributed by atoms with Gasteiger partial charge in [0.1, 0.15) is 10.7 Å². The van der Waals surface area contributed by atoms with Crippen molar-refractivity contribution in [3.63, 3.8) is 0 Å². The van der Waals surface area contributed by atoms with Crippen molar-refractivity contribution in [2.75, 3.05) is 19.6 Å². The Kier molecular flexibility index (Phi) is 5.51. The third kappa shape index (κ3) is 3.88. The van der Waals surface area contributed by atoms with Crippen LogP contribution in [-0.2, 0) is 16.6 Å². The summed E-state index contributed by atoms with van der Waals surface area (Å²) in [6.45, 7) is 8.67. The minimum Gasteiger partial charge on any atom is -0.452 e. The Hall–Kier alpha value is -0.370. The molecule has 0 spiro atoms.